The molecule has 0 aliphatic carbocycles. The average Bonchev–Trinajstić information content (AvgIpc) is 1.80. The second-order valence-corrected chi connectivity index (χ2v) is 1.52. The van der Waals surface area contributed by atoms with Crippen molar-refractivity contribution in [3.8, 4) is 0 Å². The Morgan fingerprint density at radius 1 is 1.67 bits per heavy atom. The molecule has 0 aromatic carbocycles. The molecule has 4 heteroatoms. The van der Waals surface area contributed by atoms with Crippen molar-refractivity contribution in [1.29, 1.82) is 0 Å². The molecular weight excluding hydrogens is 124 g/mol. The van der Waals surface area contributed by atoms with Gasteiger partial charge in [-0.05, 0) is 6.42 Å². The number of carbonyl (C=O) groups is 1. The van der Waals surface area contributed by atoms with Gasteiger partial charge in [0, 0.05) is 0 Å². The summed E-state index contributed by atoms with van der Waals surface area (Å²) in [5.41, 5.74) is 0. The van der Waals surface area contributed by atoms with Gasteiger partial charge < -0.3 is 5.11 Å². The molecule has 0 aromatic rings. The monoisotopic (exact) mass is 134 g/mol. The summed E-state index contributed by atoms with van der Waals surface area (Å²) in [5, 5.41) is 7.87. The Morgan fingerprint density at radius 2 is 2.33 bits per heavy atom. The van der Waals surface area contributed by atoms with Crippen molar-refractivity contribution in [2.45, 2.75) is 19.8 Å². The maximum Gasteiger partial charge on any atom is 0.537 e. The van der Waals surface area contributed by atoms with E-state index in [4.69, 9.17) is 5.11 Å². The van der Waals surface area contributed by atoms with Crippen LogP contribution in [-0.2, 0) is 9.78 Å². The van der Waals surface area contributed by atoms with E-state index in [-0.39, 0.29) is 0 Å². The normalized spacial score (nSPS) is 9.00. The first-order chi connectivity index (χ1) is 4.27. The lowest BCUT2D eigenvalue weighted by atomic mass is 10.4. The van der Waals surface area contributed by atoms with Crippen LogP contribution in [-0.4, -0.2) is 17.9 Å². The minimum absolute atomic E-state index is 0.336. The molecule has 0 bridgehead atoms. The Kier molecular flexibility index (Phi) is 4.91. The van der Waals surface area contributed by atoms with Crippen LogP contribution in [0.1, 0.15) is 19.8 Å². The van der Waals surface area contributed by atoms with Crippen molar-refractivity contribution < 1.29 is 19.7 Å². The van der Waals surface area contributed by atoms with Crippen LogP contribution in [0.25, 0.3) is 0 Å². The molecule has 0 heterocycles. The summed E-state index contributed by atoms with van der Waals surface area (Å²) in [6, 6.07) is 0. The highest BCUT2D eigenvalue weighted by molar-refractivity contribution is 5.55. The van der Waals surface area contributed by atoms with Gasteiger partial charge >= 0.3 is 6.16 Å². The summed E-state index contributed by atoms with van der Waals surface area (Å²) in [5.74, 6) is 0. The van der Waals surface area contributed by atoms with Crippen molar-refractivity contribution in [2.24, 2.45) is 0 Å². The molecule has 0 spiro atoms. The quantitative estimate of drug-likeness (QED) is 0.359. The van der Waals surface area contributed by atoms with E-state index < -0.39 is 6.16 Å². The van der Waals surface area contributed by atoms with Crippen molar-refractivity contribution in [2.75, 3.05) is 6.61 Å². The Balaban J connectivity index is 2.83. The molecule has 0 aliphatic heterocycles. The number of hydrogen-bond donors (Lipinski definition) is 1. The van der Waals surface area contributed by atoms with E-state index in [1.165, 1.54) is 0 Å². The van der Waals surface area contributed by atoms with Crippen molar-refractivity contribution in [3.05, 3.63) is 0 Å². The maximum absolute atomic E-state index is 9.62. The van der Waals surface area contributed by atoms with Gasteiger partial charge in [-0.2, -0.15) is 4.89 Å². The molecule has 1 N–H and O–H groups in total. The minimum Gasteiger partial charge on any atom is -0.448 e. The van der Waals surface area contributed by atoms with Gasteiger partial charge in [0.2, 0.25) is 0 Å². The third-order valence-electron chi connectivity index (χ3n) is 0.711. The second-order valence-electron chi connectivity index (χ2n) is 1.52. The van der Waals surface area contributed by atoms with Gasteiger partial charge in [-0.3, -0.25) is 4.89 Å². The van der Waals surface area contributed by atoms with Gasteiger partial charge in [-0.1, -0.05) is 13.3 Å². The van der Waals surface area contributed by atoms with Crippen molar-refractivity contribution in [1.82, 2.24) is 0 Å². The van der Waals surface area contributed by atoms with Gasteiger partial charge in [0.15, 0.2) is 0 Å². The molecular formula is C5H10O4. The van der Waals surface area contributed by atoms with E-state index in [2.05, 4.69) is 9.78 Å². The van der Waals surface area contributed by atoms with Gasteiger partial charge in [0.25, 0.3) is 0 Å². The van der Waals surface area contributed by atoms with Gasteiger partial charge in [0.1, 0.15) is 0 Å². The van der Waals surface area contributed by atoms with Crippen molar-refractivity contribution in [3.63, 3.8) is 0 Å². The Labute approximate surface area is 53.3 Å². The molecule has 0 rings (SSSR count). The molecule has 54 valence electrons. The Bertz CT molecular complexity index is 81.0. The predicted octanol–water partition coefficient (Wildman–Crippen LogP) is 1.41. The summed E-state index contributed by atoms with van der Waals surface area (Å²) in [4.78, 5) is 17.6. The lowest BCUT2D eigenvalue weighted by molar-refractivity contribution is -0.251. The molecule has 0 unspecified atom stereocenters. The third kappa shape index (κ3) is 7.23. The van der Waals surface area contributed by atoms with Gasteiger partial charge in [0.05, 0.1) is 6.61 Å². The first-order valence-corrected chi connectivity index (χ1v) is 2.79. The average molecular weight is 134 g/mol. The van der Waals surface area contributed by atoms with Crippen LogP contribution in [0.5, 0.6) is 0 Å². The first kappa shape index (κ1) is 8.23. The SMILES string of the molecule is CCCCOOC(=O)O. The molecule has 4 nitrogen and oxygen atoms in total. The van der Waals surface area contributed by atoms with Crippen LogP contribution >= 0.6 is 0 Å². The fourth-order valence-electron chi connectivity index (χ4n) is 0.295. The Morgan fingerprint density at radius 3 is 2.78 bits per heavy atom. The lowest BCUT2D eigenvalue weighted by Gasteiger charge is -1.95. The van der Waals surface area contributed by atoms with Crippen LogP contribution < -0.4 is 0 Å². The van der Waals surface area contributed by atoms with E-state index in [0.717, 1.165) is 12.8 Å². The Hall–Kier alpha value is -0.770. The summed E-state index contributed by atoms with van der Waals surface area (Å²) in [6.45, 7) is 2.31. The topological polar surface area (TPSA) is 55.8 Å². The molecule has 0 aliphatic rings. The highest BCUT2D eigenvalue weighted by Gasteiger charge is 1.94. The van der Waals surface area contributed by atoms with E-state index in [9.17, 15) is 4.79 Å². The molecule has 0 amide bonds. The predicted molar refractivity (Wildman–Crippen MR) is 30.0 cm³/mol. The summed E-state index contributed by atoms with van der Waals surface area (Å²) in [6.07, 6.45) is 0.377. The summed E-state index contributed by atoms with van der Waals surface area (Å²) >= 11 is 0. The zero-order valence-corrected chi connectivity index (χ0v) is 5.29. The highest BCUT2D eigenvalue weighted by atomic mass is 17.2. The fourth-order valence-corrected chi connectivity index (χ4v) is 0.295. The van der Waals surface area contributed by atoms with Gasteiger partial charge in [-0.25, -0.2) is 4.79 Å². The first-order valence-electron chi connectivity index (χ1n) is 2.79. The smallest absolute Gasteiger partial charge is 0.448 e. The largest absolute Gasteiger partial charge is 0.537 e. The van der Waals surface area contributed by atoms with Crippen LogP contribution in [0.4, 0.5) is 4.79 Å². The van der Waals surface area contributed by atoms with E-state index in [0.29, 0.717) is 6.61 Å². The zero-order chi connectivity index (χ0) is 7.11. The summed E-state index contributed by atoms with van der Waals surface area (Å²) < 4.78 is 0. The van der Waals surface area contributed by atoms with Crippen LogP contribution in [0, 0.1) is 0 Å². The molecule has 0 fully saturated rings. The fraction of sp³-hybridized carbons (Fsp3) is 0.800. The van der Waals surface area contributed by atoms with E-state index in [1.54, 1.807) is 0 Å². The zero-order valence-electron chi connectivity index (χ0n) is 5.29. The standard InChI is InChI=1S/C5H10O4/c1-2-3-4-8-9-5(6)7/h2-4H2,1H3,(H,6,7). The maximum atomic E-state index is 9.62. The highest BCUT2D eigenvalue weighted by Crippen LogP contribution is 1.88. The second kappa shape index (κ2) is 5.37. The van der Waals surface area contributed by atoms with Gasteiger partial charge in [-0.15, -0.1) is 0 Å². The van der Waals surface area contributed by atoms with Crippen LogP contribution in [0.2, 0.25) is 0 Å². The number of unbranched alkanes of at least 4 members (excludes halogenated alkanes) is 1. The molecule has 0 atom stereocenters. The third-order valence-corrected chi connectivity index (χ3v) is 0.711. The number of carboxylic acid groups (broad SMARTS) is 1. The minimum atomic E-state index is -1.40. The molecule has 0 aromatic heterocycles. The van der Waals surface area contributed by atoms with E-state index in [1.807, 2.05) is 6.92 Å². The van der Waals surface area contributed by atoms with Crippen LogP contribution in [0.3, 0.4) is 0 Å². The van der Waals surface area contributed by atoms with Crippen LogP contribution in [0.15, 0.2) is 0 Å². The molecule has 9 heavy (non-hydrogen) atoms. The summed E-state index contributed by atoms with van der Waals surface area (Å²) in [7, 11) is 0. The molecule has 0 saturated carbocycles. The lowest BCUT2D eigenvalue weighted by Crippen LogP contribution is -2.02. The number of hydrogen-bond acceptors (Lipinski definition) is 3. The van der Waals surface area contributed by atoms with Crippen molar-refractivity contribution >= 4 is 6.16 Å². The van der Waals surface area contributed by atoms with E-state index >= 15 is 0 Å². The molecule has 0 saturated heterocycles. The molecule has 0 radical (unpaired) electrons. The number of rotatable bonds is 4.